The minimum Gasteiger partial charge on any atom is -0.493 e. The minimum absolute atomic E-state index is 0.0377. The molecule has 0 aromatic heterocycles. The smallest absolute Gasteiger partial charge is 0.224 e. The van der Waals surface area contributed by atoms with Gasteiger partial charge in [0, 0.05) is 24.2 Å². The zero-order valence-electron chi connectivity index (χ0n) is 12.1. The largest absolute Gasteiger partial charge is 0.493 e. The second-order valence-corrected chi connectivity index (χ2v) is 4.56. The molecule has 0 atom stereocenters. The van der Waals surface area contributed by atoms with Crippen molar-refractivity contribution in [2.24, 2.45) is 5.92 Å². The highest BCUT2D eigenvalue weighted by Crippen LogP contribution is 2.39. The van der Waals surface area contributed by atoms with Crippen molar-refractivity contribution < 1.29 is 19.0 Å². The molecule has 0 saturated heterocycles. The SMILES string of the molecule is COc1cc(NC(=O)CC(C)C)cc(OC)c1OC. The average molecular weight is 267 g/mol. The third-order valence-electron chi connectivity index (χ3n) is 2.54. The normalized spacial score (nSPS) is 10.2. The lowest BCUT2D eigenvalue weighted by Gasteiger charge is -2.15. The molecule has 0 radical (unpaired) electrons. The molecule has 0 spiro atoms. The van der Waals surface area contributed by atoms with Crippen LogP contribution in [0.5, 0.6) is 17.2 Å². The average Bonchev–Trinajstić information content (AvgIpc) is 2.36. The van der Waals surface area contributed by atoms with Gasteiger partial charge in [-0.25, -0.2) is 0 Å². The van der Waals surface area contributed by atoms with Crippen LogP contribution in [-0.2, 0) is 4.79 Å². The first-order valence-corrected chi connectivity index (χ1v) is 6.11. The number of hydrogen-bond acceptors (Lipinski definition) is 4. The second-order valence-electron chi connectivity index (χ2n) is 4.56. The number of methoxy groups -OCH3 is 3. The number of carbonyl (C=O) groups excluding carboxylic acids is 1. The first-order chi connectivity index (χ1) is 9.01. The van der Waals surface area contributed by atoms with E-state index in [0.717, 1.165) is 0 Å². The highest BCUT2D eigenvalue weighted by atomic mass is 16.5. The van der Waals surface area contributed by atoms with Crippen LogP contribution >= 0.6 is 0 Å². The van der Waals surface area contributed by atoms with Crippen LogP contribution in [0.4, 0.5) is 5.69 Å². The van der Waals surface area contributed by atoms with Gasteiger partial charge < -0.3 is 19.5 Å². The number of benzene rings is 1. The van der Waals surface area contributed by atoms with E-state index in [1.807, 2.05) is 13.8 Å². The summed E-state index contributed by atoms with van der Waals surface area (Å²) in [7, 11) is 4.62. The maximum Gasteiger partial charge on any atom is 0.224 e. The van der Waals surface area contributed by atoms with E-state index >= 15 is 0 Å². The Labute approximate surface area is 113 Å². The van der Waals surface area contributed by atoms with Crippen LogP contribution < -0.4 is 19.5 Å². The van der Waals surface area contributed by atoms with Gasteiger partial charge in [-0.15, -0.1) is 0 Å². The van der Waals surface area contributed by atoms with Crippen molar-refractivity contribution >= 4 is 11.6 Å². The Hall–Kier alpha value is -1.91. The van der Waals surface area contributed by atoms with Crippen LogP contribution in [0.3, 0.4) is 0 Å². The van der Waals surface area contributed by atoms with E-state index in [2.05, 4.69) is 5.32 Å². The standard InChI is InChI=1S/C14H21NO4/c1-9(2)6-13(16)15-10-7-11(17-3)14(19-5)12(8-10)18-4/h7-9H,6H2,1-5H3,(H,15,16). The summed E-state index contributed by atoms with van der Waals surface area (Å²) in [6, 6.07) is 3.42. The Balaban J connectivity index is 2.99. The third kappa shape index (κ3) is 4.05. The van der Waals surface area contributed by atoms with Gasteiger partial charge in [0.15, 0.2) is 11.5 Å². The molecule has 5 heteroatoms. The van der Waals surface area contributed by atoms with Gasteiger partial charge in [0.05, 0.1) is 21.3 Å². The van der Waals surface area contributed by atoms with Crippen molar-refractivity contribution in [1.82, 2.24) is 0 Å². The Morgan fingerprint density at radius 3 is 2.00 bits per heavy atom. The molecule has 0 aliphatic carbocycles. The molecule has 1 aromatic carbocycles. The highest BCUT2D eigenvalue weighted by molar-refractivity contribution is 5.91. The summed E-state index contributed by atoms with van der Waals surface area (Å²) >= 11 is 0. The zero-order valence-corrected chi connectivity index (χ0v) is 12.1. The summed E-state index contributed by atoms with van der Waals surface area (Å²) in [6.07, 6.45) is 0.469. The fourth-order valence-corrected chi connectivity index (χ4v) is 1.74. The summed E-state index contributed by atoms with van der Waals surface area (Å²) < 4.78 is 15.7. The quantitative estimate of drug-likeness (QED) is 0.861. The molecular weight excluding hydrogens is 246 g/mol. The Morgan fingerprint density at radius 1 is 1.11 bits per heavy atom. The molecule has 0 saturated carbocycles. The van der Waals surface area contributed by atoms with Gasteiger partial charge in [-0.1, -0.05) is 13.8 Å². The number of amides is 1. The maximum absolute atomic E-state index is 11.8. The summed E-state index contributed by atoms with van der Waals surface area (Å²) in [6.45, 7) is 3.99. The van der Waals surface area contributed by atoms with Gasteiger partial charge in [0.1, 0.15) is 0 Å². The van der Waals surface area contributed by atoms with E-state index in [-0.39, 0.29) is 5.91 Å². The molecule has 0 unspecified atom stereocenters. The number of nitrogens with one attached hydrogen (secondary N) is 1. The first kappa shape index (κ1) is 15.1. The Bertz CT molecular complexity index is 418. The van der Waals surface area contributed by atoms with Gasteiger partial charge in [0.25, 0.3) is 0 Å². The first-order valence-electron chi connectivity index (χ1n) is 6.11. The van der Waals surface area contributed by atoms with E-state index < -0.39 is 0 Å². The highest BCUT2D eigenvalue weighted by Gasteiger charge is 2.14. The monoisotopic (exact) mass is 267 g/mol. The molecule has 1 rings (SSSR count). The van der Waals surface area contributed by atoms with E-state index in [9.17, 15) is 4.79 Å². The lowest BCUT2D eigenvalue weighted by Crippen LogP contribution is -2.14. The number of ether oxygens (including phenoxy) is 3. The van der Waals surface area contributed by atoms with Crippen molar-refractivity contribution in [3.05, 3.63) is 12.1 Å². The predicted molar refractivity (Wildman–Crippen MR) is 74.2 cm³/mol. The van der Waals surface area contributed by atoms with Crippen molar-refractivity contribution in [2.75, 3.05) is 26.6 Å². The lowest BCUT2D eigenvalue weighted by molar-refractivity contribution is -0.116. The summed E-state index contributed by atoms with van der Waals surface area (Å²) in [5, 5.41) is 2.82. The summed E-state index contributed by atoms with van der Waals surface area (Å²) in [5.74, 6) is 1.81. The molecule has 19 heavy (non-hydrogen) atoms. The molecule has 5 nitrogen and oxygen atoms in total. The summed E-state index contributed by atoms with van der Waals surface area (Å²) in [5.41, 5.74) is 0.625. The van der Waals surface area contributed by atoms with Crippen LogP contribution in [0, 0.1) is 5.92 Å². The molecular formula is C14H21NO4. The molecule has 0 aliphatic heterocycles. The Kier molecular flexibility index (Phi) is 5.48. The van der Waals surface area contributed by atoms with Gasteiger partial charge in [-0.2, -0.15) is 0 Å². The lowest BCUT2D eigenvalue weighted by atomic mass is 10.1. The van der Waals surface area contributed by atoms with Crippen LogP contribution in [0.2, 0.25) is 0 Å². The second kappa shape index (κ2) is 6.87. The van der Waals surface area contributed by atoms with Crippen molar-refractivity contribution in [3.63, 3.8) is 0 Å². The molecule has 0 aliphatic rings. The Morgan fingerprint density at radius 2 is 1.63 bits per heavy atom. The molecule has 106 valence electrons. The van der Waals surface area contributed by atoms with Gasteiger partial charge in [-0.3, -0.25) is 4.79 Å². The van der Waals surface area contributed by atoms with Crippen molar-refractivity contribution in [1.29, 1.82) is 0 Å². The van der Waals surface area contributed by atoms with E-state index in [1.54, 1.807) is 12.1 Å². The van der Waals surface area contributed by atoms with Gasteiger partial charge >= 0.3 is 0 Å². The fraction of sp³-hybridized carbons (Fsp3) is 0.500. The van der Waals surface area contributed by atoms with Crippen LogP contribution in [-0.4, -0.2) is 27.2 Å². The van der Waals surface area contributed by atoms with Crippen LogP contribution in [0.1, 0.15) is 20.3 Å². The topological polar surface area (TPSA) is 56.8 Å². The molecule has 1 amide bonds. The zero-order chi connectivity index (χ0) is 14.4. The van der Waals surface area contributed by atoms with Gasteiger partial charge in [0.2, 0.25) is 11.7 Å². The minimum atomic E-state index is -0.0377. The number of carbonyl (C=O) groups is 1. The predicted octanol–water partition coefficient (Wildman–Crippen LogP) is 2.70. The molecule has 1 aromatic rings. The third-order valence-corrected chi connectivity index (χ3v) is 2.54. The molecule has 1 N–H and O–H groups in total. The van der Waals surface area contributed by atoms with Crippen LogP contribution in [0.15, 0.2) is 12.1 Å². The number of rotatable bonds is 6. The molecule has 0 heterocycles. The molecule has 0 fully saturated rings. The van der Waals surface area contributed by atoms with E-state index in [4.69, 9.17) is 14.2 Å². The van der Waals surface area contributed by atoms with E-state index in [1.165, 1.54) is 21.3 Å². The van der Waals surface area contributed by atoms with E-state index in [0.29, 0.717) is 35.3 Å². The number of anilines is 1. The van der Waals surface area contributed by atoms with Gasteiger partial charge in [-0.05, 0) is 5.92 Å². The maximum atomic E-state index is 11.8. The fourth-order valence-electron chi connectivity index (χ4n) is 1.74. The van der Waals surface area contributed by atoms with Crippen molar-refractivity contribution in [2.45, 2.75) is 20.3 Å². The number of hydrogen-bond donors (Lipinski definition) is 1. The molecule has 0 bridgehead atoms. The van der Waals surface area contributed by atoms with Crippen molar-refractivity contribution in [3.8, 4) is 17.2 Å². The van der Waals surface area contributed by atoms with Crippen LogP contribution in [0.25, 0.3) is 0 Å². The summed E-state index contributed by atoms with van der Waals surface area (Å²) in [4.78, 5) is 11.8.